The lowest BCUT2D eigenvalue weighted by atomic mass is 9.95. The minimum atomic E-state index is -0.796. The number of hydrogen-bond acceptors (Lipinski definition) is 6. The Morgan fingerprint density at radius 2 is 2.16 bits per heavy atom. The molecule has 1 unspecified atom stereocenters. The van der Waals surface area contributed by atoms with Crippen molar-refractivity contribution >= 4 is 17.0 Å². The molecule has 0 saturated carbocycles. The van der Waals surface area contributed by atoms with Crippen molar-refractivity contribution in [3.05, 3.63) is 28.0 Å². The number of fused-ring (bicyclic) bond motifs is 1. The number of aromatic nitrogens is 2. The number of ether oxygens (including phenoxy) is 1. The zero-order chi connectivity index (χ0) is 18.1. The lowest BCUT2D eigenvalue weighted by molar-refractivity contribution is -0.139. The molecule has 2 aromatic heterocycles. The minimum absolute atomic E-state index is 0.0146. The summed E-state index contributed by atoms with van der Waals surface area (Å²) in [5, 5.41) is 10.2. The molecule has 1 amide bonds. The molecule has 0 aromatic carbocycles. The topological polar surface area (TPSA) is 97.8 Å². The molecule has 0 spiro atoms. The van der Waals surface area contributed by atoms with Gasteiger partial charge in [0.1, 0.15) is 17.5 Å². The average Bonchev–Trinajstić information content (AvgIpc) is 2.95. The molecule has 1 N–H and O–H groups in total. The molecule has 136 valence electrons. The minimum Gasteiger partial charge on any atom is -0.442 e. The first kappa shape index (κ1) is 17.6. The molecule has 2 aromatic rings. The molecule has 1 saturated heterocycles. The second kappa shape index (κ2) is 6.97. The lowest BCUT2D eigenvalue weighted by Crippen LogP contribution is -2.42. The van der Waals surface area contributed by atoms with Crippen LogP contribution in [0.2, 0.25) is 0 Å². The van der Waals surface area contributed by atoms with Gasteiger partial charge in [-0.3, -0.25) is 9.59 Å². The molecule has 0 aliphatic carbocycles. The normalized spacial score (nSPS) is 17.2. The summed E-state index contributed by atoms with van der Waals surface area (Å²) in [7, 11) is 1.59. The second-order valence-electron chi connectivity index (χ2n) is 6.35. The largest absolute Gasteiger partial charge is 0.442 e. The highest BCUT2D eigenvalue weighted by Gasteiger charge is 2.31. The first-order chi connectivity index (χ1) is 11.9. The summed E-state index contributed by atoms with van der Waals surface area (Å²) < 4.78 is 12.1. The number of amides is 1. The van der Waals surface area contributed by atoms with Gasteiger partial charge in [-0.1, -0.05) is 0 Å². The zero-order valence-electron chi connectivity index (χ0n) is 14.7. The molecule has 3 heterocycles. The molecular formula is C17H23N3O5. The van der Waals surface area contributed by atoms with Crippen LogP contribution >= 0.6 is 0 Å². The molecule has 3 rings (SSSR count). The van der Waals surface area contributed by atoms with Crippen LogP contribution in [0, 0.1) is 12.8 Å². The smallest absolute Gasteiger partial charge is 0.265 e. The van der Waals surface area contributed by atoms with Crippen molar-refractivity contribution in [3.63, 3.8) is 0 Å². The summed E-state index contributed by atoms with van der Waals surface area (Å²) in [6, 6.07) is 0. The van der Waals surface area contributed by atoms with Gasteiger partial charge in [0.15, 0.2) is 6.29 Å². The Bertz CT molecular complexity index is 833. The molecule has 0 radical (unpaired) electrons. The van der Waals surface area contributed by atoms with Crippen LogP contribution in [0.4, 0.5) is 0 Å². The molecule has 25 heavy (non-hydrogen) atoms. The number of furan rings is 1. The van der Waals surface area contributed by atoms with Crippen molar-refractivity contribution in [1.82, 2.24) is 14.5 Å². The molecule has 0 bridgehead atoms. The Balaban J connectivity index is 1.83. The van der Waals surface area contributed by atoms with E-state index >= 15 is 0 Å². The third-order valence-electron chi connectivity index (χ3n) is 4.73. The fraction of sp³-hybridized carbons (Fsp3) is 0.588. The molecule has 1 fully saturated rings. The number of aliphatic hydroxyl groups is 1. The number of piperidine rings is 1. The molecule has 8 heteroatoms. The van der Waals surface area contributed by atoms with Gasteiger partial charge in [-0.2, -0.15) is 0 Å². The van der Waals surface area contributed by atoms with Gasteiger partial charge in [0.2, 0.25) is 5.71 Å². The number of likely N-dealkylation sites (tertiary alicyclic amines) is 1. The van der Waals surface area contributed by atoms with E-state index in [0.29, 0.717) is 38.3 Å². The molecule has 1 aliphatic rings. The Morgan fingerprint density at radius 1 is 1.48 bits per heavy atom. The first-order valence-corrected chi connectivity index (χ1v) is 8.47. The van der Waals surface area contributed by atoms with Gasteiger partial charge in [0.05, 0.1) is 5.56 Å². The van der Waals surface area contributed by atoms with Crippen LogP contribution in [-0.2, 0) is 11.8 Å². The number of hydrogen-bond donors (Lipinski definition) is 1. The maximum atomic E-state index is 13.0. The van der Waals surface area contributed by atoms with Crippen molar-refractivity contribution in [2.75, 3.05) is 19.7 Å². The highest BCUT2D eigenvalue weighted by atomic mass is 16.6. The summed E-state index contributed by atoms with van der Waals surface area (Å²) in [6.45, 7) is 4.96. The third-order valence-corrected chi connectivity index (χ3v) is 4.73. The van der Waals surface area contributed by atoms with Gasteiger partial charge >= 0.3 is 0 Å². The predicted molar refractivity (Wildman–Crippen MR) is 90.2 cm³/mol. The fourth-order valence-corrected chi connectivity index (χ4v) is 3.30. The number of nitrogens with zero attached hydrogens (tertiary/aromatic N) is 3. The van der Waals surface area contributed by atoms with E-state index in [1.165, 1.54) is 10.9 Å². The highest BCUT2D eigenvalue weighted by molar-refractivity contribution is 6.06. The fourth-order valence-electron chi connectivity index (χ4n) is 3.30. The van der Waals surface area contributed by atoms with Gasteiger partial charge in [0, 0.05) is 32.7 Å². The molecule has 1 aliphatic heterocycles. The molecule has 1 atom stereocenters. The SMILES string of the molecule is CCOC(O)C1CCN(C(=O)c2c(C)oc3ncn(C)c(=O)c23)CC1. The van der Waals surface area contributed by atoms with E-state index in [9.17, 15) is 14.7 Å². The predicted octanol–water partition coefficient (Wildman–Crippen LogP) is 1.04. The molecular weight excluding hydrogens is 326 g/mol. The average molecular weight is 349 g/mol. The Labute approximate surface area is 145 Å². The standard InChI is InChI=1S/C17H23N3O5/c1-4-24-17(23)11-5-7-20(8-6-11)16(22)12-10(2)25-14-13(12)15(21)19(3)9-18-14/h9,11,17,23H,4-8H2,1-3H3. The summed E-state index contributed by atoms with van der Waals surface area (Å²) >= 11 is 0. The van der Waals surface area contributed by atoms with Crippen molar-refractivity contribution in [3.8, 4) is 0 Å². The van der Waals surface area contributed by atoms with Gasteiger partial charge in [-0.15, -0.1) is 0 Å². The van der Waals surface area contributed by atoms with Gasteiger partial charge in [0.25, 0.3) is 11.5 Å². The zero-order valence-corrected chi connectivity index (χ0v) is 14.7. The first-order valence-electron chi connectivity index (χ1n) is 8.47. The van der Waals surface area contributed by atoms with Crippen LogP contribution in [0.3, 0.4) is 0 Å². The van der Waals surface area contributed by atoms with E-state index in [-0.39, 0.29) is 34.0 Å². The lowest BCUT2D eigenvalue weighted by Gasteiger charge is -2.33. The quantitative estimate of drug-likeness (QED) is 0.829. The van der Waals surface area contributed by atoms with Gasteiger partial charge in [-0.05, 0) is 26.7 Å². The van der Waals surface area contributed by atoms with Crippen molar-refractivity contribution < 1.29 is 19.1 Å². The number of carbonyl (C=O) groups excluding carboxylic acids is 1. The van der Waals surface area contributed by atoms with Crippen molar-refractivity contribution in [2.45, 2.75) is 33.0 Å². The monoisotopic (exact) mass is 349 g/mol. The van der Waals surface area contributed by atoms with E-state index in [1.807, 2.05) is 6.92 Å². The van der Waals surface area contributed by atoms with E-state index in [1.54, 1.807) is 18.9 Å². The summed E-state index contributed by atoms with van der Waals surface area (Å²) in [6.07, 6.45) is 1.88. The van der Waals surface area contributed by atoms with Crippen LogP contribution in [-0.4, -0.2) is 51.5 Å². The van der Waals surface area contributed by atoms with Crippen LogP contribution in [0.15, 0.2) is 15.5 Å². The number of carbonyl (C=O) groups is 1. The number of aliphatic hydroxyl groups excluding tert-OH is 1. The molecule has 8 nitrogen and oxygen atoms in total. The van der Waals surface area contributed by atoms with Crippen LogP contribution < -0.4 is 5.56 Å². The third kappa shape index (κ3) is 3.19. The summed E-state index contributed by atoms with van der Waals surface area (Å²) in [5.41, 5.74) is 0.171. The number of aryl methyl sites for hydroxylation is 2. The Morgan fingerprint density at radius 3 is 2.80 bits per heavy atom. The van der Waals surface area contributed by atoms with Crippen LogP contribution in [0.5, 0.6) is 0 Å². The van der Waals surface area contributed by atoms with Crippen molar-refractivity contribution in [2.24, 2.45) is 13.0 Å². The number of rotatable bonds is 4. The van der Waals surface area contributed by atoms with Gasteiger partial charge in [-0.25, -0.2) is 4.98 Å². The highest BCUT2D eigenvalue weighted by Crippen LogP contribution is 2.26. The van der Waals surface area contributed by atoms with E-state index in [4.69, 9.17) is 9.15 Å². The second-order valence-corrected chi connectivity index (χ2v) is 6.35. The Hall–Kier alpha value is -2.19. The van der Waals surface area contributed by atoms with Crippen molar-refractivity contribution in [1.29, 1.82) is 0 Å². The van der Waals surface area contributed by atoms with E-state index in [2.05, 4.69) is 4.98 Å². The maximum Gasteiger partial charge on any atom is 0.265 e. The van der Waals surface area contributed by atoms with E-state index < -0.39 is 6.29 Å². The van der Waals surface area contributed by atoms with Crippen LogP contribution in [0.1, 0.15) is 35.9 Å². The Kier molecular flexibility index (Phi) is 4.91. The van der Waals surface area contributed by atoms with Crippen LogP contribution in [0.25, 0.3) is 11.1 Å². The summed E-state index contributed by atoms with van der Waals surface area (Å²) in [5.74, 6) is 0.179. The maximum absolute atomic E-state index is 13.0. The van der Waals surface area contributed by atoms with E-state index in [0.717, 1.165) is 0 Å². The summed E-state index contributed by atoms with van der Waals surface area (Å²) in [4.78, 5) is 31.1. The van der Waals surface area contributed by atoms with Gasteiger partial charge < -0.3 is 23.7 Å².